The van der Waals surface area contributed by atoms with Gasteiger partial charge in [0.25, 0.3) is 0 Å². The van der Waals surface area contributed by atoms with Crippen LogP contribution in [0.2, 0.25) is 0 Å². The van der Waals surface area contributed by atoms with Gasteiger partial charge in [-0.2, -0.15) is 0 Å². The highest BCUT2D eigenvalue weighted by atomic mass is 16.5. The summed E-state index contributed by atoms with van der Waals surface area (Å²) in [6, 6.07) is 5.27. The Bertz CT molecular complexity index is 395. The molecule has 0 spiro atoms. The Morgan fingerprint density at radius 1 is 1.53 bits per heavy atom. The molecule has 1 aromatic heterocycles. The molecule has 0 bridgehead atoms. The number of ether oxygens (including phenoxy) is 1. The van der Waals surface area contributed by atoms with Crippen LogP contribution in [-0.4, -0.2) is 42.2 Å². The molecule has 0 saturated carbocycles. The van der Waals surface area contributed by atoms with Gasteiger partial charge in [0.05, 0.1) is 7.11 Å². The number of rotatable bonds is 6. The topological polar surface area (TPSA) is 37.4 Å². The number of likely N-dealkylation sites (tertiary alicyclic amines) is 1. The molecular weight excluding hydrogens is 238 g/mol. The minimum absolute atomic E-state index is 0.551. The summed E-state index contributed by atoms with van der Waals surface area (Å²) in [6.45, 7) is 7.57. The summed E-state index contributed by atoms with van der Waals surface area (Å²) in [5.41, 5.74) is 1.18. The molecule has 0 amide bonds. The number of nitrogens with one attached hydrogen (secondary N) is 1. The van der Waals surface area contributed by atoms with E-state index in [2.05, 4.69) is 35.1 Å². The minimum atomic E-state index is 0.551. The molecule has 106 valence electrons. The first kappa shape index (κ1) is 14.3. The first-order valence-corrected chi connectivity index (χ1v) is 7.16. The smallest absolute Gasteiger partial charge is 0.217 e. The van der Waals surface area contributed by atoms with E-state index in [1.807, 2.05) is 6.07 Å². The van der Waals surface area contributed by atoms with Crippen LogP contribution >= 0.6 is 0 Å². The highest BCUT2D eigenvalue weighted by Crippen LogP contribution is 2.23. The van der Waals surface area contributed by atoms with Crippen molar-refractivity contribution in [1.29, 1.82) is 0 Å². The second-order valence-corrected chi connectivity index (χ2v) is 5.50. The van der Waals surface area contributed by atoms with Gasteiger partial charge in [0.2, 0.25) is 5.88 Å². The van der Waals surface area contributed by atoms with Gasteiger partial charge in [0.1, 0.15) is 0 Å². The van der Waals surface area contributed by atoms with Crippen molar-refractivity contribution in [2.24, 2.45) is 0 Å². The van der Waals surface area contributed by atoms with Gasteiger partial charge in [-0.1, -0.05) is 19.9 Å². The Morgan fingerprint density at radius 2 is 2.37 bits per heavy atom. The molecule has 1 fully saturated rings. The Morgan fingerprint density at radius 3 is 3.11 bits per heavy atom. The van der Waals surface area contributed by atoms with Gasteiger partial charge in [0, 0.05) is 36.9 Å². The van der Waals surface area contributed by atoms with Gasteiger partial charge in [0.15, 0.2) is 0 Å². The lowest BCUT2D eigenvalue weighted by Gasteiger charge is -2.26. The largest absolute Gasteiger partial charge is 0.481 e. The molecule has 2 heterocycles. The van der Waals surface area contributed by atoms with Gasteiger partial charge in [-0.3, -0.25) is 4.90 Å². The maximum atomic E-state index is 5.34. The number of pyridine rings is 1. The molecule has 0 aromatic carbocycles. The predicted molar refractivity (Wildman–Crippen MR) is 77.4 cm³/mol. The first-order chi connectivity index (χ1) is 9.20. The normalized spacial score (nSPS) is 20.1. The van der Waals surface area contributed by atoms with Crippen LogP contribution in [0.5, 0.6) is 5.88 Å². The molecule has 1 aliphatic heterocycles. The third kappa shape index (κ3) is 3.91. The molecule has 4 nitrogen and oxygen atoms in total. The van der Waals surface area contributed by atoms with Crippen LogP contribution in [0.3, 0.4) is 0 Å². The van der Waals surface area contributed by atoms with Crippen LogP contribution in [-0.2, 0) is 6.54 Å². The lowest BCUT2D eigenvalue weighted by molar-refractivity contribution is 0.232. The molecule has 0 radical (unpaired) electrons. The summed E-state index contributed by atoms with van der Waals surface area (Å²) < 4.78 is 5.34. The van der Waals surface area contributed by atoms with Crippen molar-refractivity contribution in [2.75, 3.05) is 20.2 Å². The average molecular weight is 263 g/mol. The molecule has 19 heavy (non-hydrogen) atoms. The molecular formula is C15H25N3O. The molecule has 1 saturated heterocycles. The molecule has 4 heteroatoms. The van der Waals surface area contributed by atoms with Gasteiger partial charge < -0.3 is 10.1 Å². The number of aromatic nitrogens is 1. The predicted octanol–water partition coefficient (Wildman–Crippen LogP) is 2.05. The molecule has 2 rings (SSSR count). The third-order valence-corrected chi connectivity index (χ3v) is 3.68. The molecule has 1 atom stereocenters. The summed E-state index contributed by atoms with van der Waals surface area (Å²) >= 11 is 0. The highest BCUT2D eigenvalue weighted by molar-refractivity contribution is 5.25. The zero-order chi connectivity index (χ0) is 13.7. The van der Waals surface area contributed by atoms with E-state index in [-0.39, 0.29) is 0 Å². The van der Waals surface area contributed by atoms with Gasteiger partial charge in [-0.25, -0.2) is 4.98 Å². The first-order valence-electron chi connectivity index (χ1n) is 7.16. The summed E-state index contributed by atoms with van der Waals surface area (Å²) in [6.07, 6.45) is 4.35. The average Bonchev–Trinajstić information content (AvgIpc) is 2.84. The fourth-order valence-electron chi connectivity index (χ4n) is 2.65. The second kappa shape index (κ2) is 6.87. The van der Waals surface area contributed by atoms with Gasteiger partial charge >= 0.3 is 0 Å². The summed E-state index contributed by atoms with van der Waals surface area (Å²) in [5, 5.41) is 3.54. The van der Waals surface area contributed by atoms with Crippen molar-refractivity contribution < 1.29 is 4.74 Å². The van der Waals surface area contributed by atoms with E-state index in [1.165, 1.54) is 24.9 Å². The molecule has 1 aromatic rings. The van der Waals surface area contributed by atoms with E-state index in [9.17, 15) is 0 Å². The standard InChI is InChI=1S/C15H25N3O/c1-12(2)17-10-14-7-5-9-18(14)11-13-6-4-8-16-15(13)19-3/h4,6,8,12,14,17H,5,7,9-11H2,1-3H3. The third-order valence-electron chi connectivity index (χ3n) is 3.68. The molecule has 1 unspecified atom stereocenters. The van der Waals surface area contributed by atoms with E-state index in [4.69, 9.17) is 4.74 Å². The van der Waals surface area contributed by atoms with Crippen LogP contribution in [0.4, 0.5) is 0 Å². The Kier molecular flexibility index (Phi) is 5.16. The van der Waals surface area contributed by atoms with Crippen LogP contribution in [0, 0.1) is 0 Å². The lowest BCUT2D eigenvalue weighted by atomic mass is 10.2. The number of methoxy groups -OCH3 is 1. The van der Waals surface area contributed by atoms with E-state index in [0.717, 1.165) is 19.0 Å². The number of hydrogen-bond acceptors (Lipinski definition) is 4. The van der Waals surface area contributed by atoms with E-state index >= 15 is 0 Å². The molecule has 1 N–H and O–H groups in total. The highest BCUT2D eigenvalue weighted by Gasteiger charge is 2.25. The van der Waals surface area contributed by atoms with Crippen LogP contribution in [0.25, 0.3) is 0 Å². The van der Waals surface area contributed by atoms with E-state index in [1.54, 1.807) is 13.3 Å². The molecule has 1 aliphatic rings. The maximum Gasteiger partial charge on any atom is 0.217 e. The van der Waals surface area contributed by atoms with Crippen LogP contribution < -0.4 is 10.1 Å². The summed E-state index contributed by atoms with van der Waals surface area (Å²) in [4.78, 5) is 6.81. The van der Waals surface area contributed by atoms with Crippen LogP contribution in [0.15, 0.2) is 18.3 Å². The monoisotopic (exact) mass is 263 g/mol. The fraction of sp³-hybridized carbons (Fsp3) is 0.667. The Balaban J connectivity index is 1.97. The SMILES string of the molecule is COc1ncccc1CN1CCCC1CNC(C)C. The van der Waals surface area contributed by atoms with Gasteiger partial charge in [-0.15, -0.1) is 0 Å². The minimum Gasteiger partial charge on any atom is -0.481 e. The molecule has 0 aliphatic carbocycles. The second-order valence-electron chi connectivity index (χ2n) is 5.50. The van der Waals surface area contributed by atoms with Crippen LogP contribution in [0.1, 0.15) is 32.3 Å². The fourth-order valence-corrected chi connectivity index (χ4v) is 2.65. The number of nitrogens with zero attached hydrogens (tertiary/aromatic N) is 2. The maximum absolute atomic E-state index is 5.34. The zero-order valence-electron chi connectivity index (χ0n) is 12.2. The van der Waals surface area contributed by atoms with E-state index < -0.39 is 0 Å². The quantitative estimate of drug-likeness (QED) is 0.852. The summed E-state index contributed by atoms with van der Waals surface area (Å²) in [5.74, 6) is 0.755. The van der Waals surface area contributed by atoms with Gasteiger partial charge in [-0.05, 0) is 25.5 Å². The van der Waals surface area contributed by atoms with Crippen molar-refractivity contribution in [3.8, 4) is 5.88 Å². The number of hydrogen-bond donors (Lipinski definition) is 1. The van der Waals surface area contributed by atoms with Crippen molar-refractivity contribution in [2.45, 2.75) is 45.3 Å². The van der Waals surface area contributed by atoms with Crippen molar-refractivity contribution in [1.82, 2.24) is 15.2 Å². The Labute approximate surface area is 116 Å². The Hall–Kier alpha value is -1.13. The lowest BCUT2D eigenvalue weighted by Crippen LogP contribution is -2.39. The zero-order valence-corrected chi connectivity index (χ0v) is 12.2. The summed E-state index contributed by atoms with van der Waals surface area (Å²) in [7, 11) is 1.69. The van der Waals surface area contributed by atoms with Crippen molar-refractivity contribution in [3.63, 3.8) is 0 Å². The van der Waals surface area contributed by atoms with Crippen molar-refractivity contribution in [3.05, 3.63) is 23.9 Å². The van der Waals surface area contributed by atoms with Crippen molar-refractivity contribution >= 4 is 0 Å². The van der Waals surface area contributed by atoms with E-state index in [0.29, 0.717) is 12.1 Å².